The van der Waals surface area contributed by atoms with Gasteiger partial charge in [-0.25, -0.2) is 0 Å². The predicted octanol–water partition coefficient (Wildman–Crippen LogP) is 2.28. The van der Waals surface area contributed by atoms with Gasteiger partial charge in [0.25, 0.3) is 0 Å². The summed E-state index contributed by atoms with van der Waals surface area (Å²) >= 11 is 5.93. The Labute approximate surface area is 75.3 Å². The molecule has 0 amide bonds. The molecule has 0 saturated carbocycles. The smallest absolute Gasteiger partial charge is 0.0659 e. The van der Waals surface area contributed by atoms with E-state index in [4.69, 9.17) is 17.3 Å². The van der Waals surface area contributed by atoms with E-state index in [9.17, 15) is 0 Å². The van der Waals surface area contributed by atoms with Crippen molar-refractivity contribution < 1.29 is 0 Å². The quantitative estimate of drug-likeness (QED) is 0.695. The number of hydrogen-bond donors (Lipinski definition) is 2. The van der Waals surface area contributed by atoms with Crippen LogP contribution in [0.15, 0.2) is 24.4 Å². The molecule has 3 N–H and O–H groups in total. The largest absolute Gasteiger partial charge is 0.359 e. The summed E-state index contributed by atoms with van der Waals surface area (Å²) in [5.41, 5.74) is 7.71. The van der Waals surface area contributed by atoms with Crippen LogP contribution in [0.4, 0.5) is 0 Å². The minimum Gasteiger partial charge on any atom is -0.359 e. The molecular formula is C9H9ClN2. The Morgan fingerprint density at radius 3 is 3.00 bits per heavy atom. The Bertz CT molecular complexity index is 406. The summed E-state index contributed by atoms with van der Waals surface area (Å²) in [5, 5.41) is 1.79. The highest BCUT2D eigenvalue weighted by molar-refractivity contribution is 6.35. The minimum atomic E-state index is 0.536. The molecule has 0 aliphatic heterocycles. The maximum atomic E-state index is 5.93. The van der Waals surface area contributed by atoms with Crippen LogP contribution in [-0.2, 0) is 6.54 Å². The molecule has 1 aromatic carbocycles. The van der Waals surface area contributed by atoms with Crippen molar-refractivity contribution in [3.63, 3.8) is 0 Å². The summed E-state index contributed by atoms with van der Waals surface area (Å²) in [6.45, 7) is 0.536. The SMILES string of the molecule is NCc1cccc2c(Cl)c[nH]c12. The Morgan fingerprint density at radius 2 is 2.25 bits per heavy atom. The first-order chi connectivity index (χ1) is 5.83. The second-order valence-corrected chi connectivity index (χ2v) is 3.09. The van der Waals surface area contributed by atoms with Crippen LogP contribution in [0.25, 0.3) is 10.9 Å². The van der Waals surface area contributed by atoms with Gasteiger partial charge < -0.3 is 10.7 Å². The zero-order chi connectivity index (χ0) is 8.55. The van der Waals surface area contributed by atoms with Crippen LogP contribution in [0.3, 0.4) is 0 Å². The predicted molar refractivity (Wildman–Crippen MR) is 51.2 cm³/mol. The van der Waals surface area contributed by atoms with Gasteiger partial charge in [0, 0.05) is 18.1 Å². The Kier molecular flexibility index (Phi) is 1.79. The third kappa shape index (κ3) is 1.00. The second-order valence-electron chi connectivity index (χ2n) is 2.68. The molecule has 2 nitrogen and oxygen atoms in total. The van der Waals surface area contributed by atoms with Crippen molar-refractivity contribution in [1.29, 1.82) is 0 Å². The number of aromatic amines is 1. The number of benzene rings is 1. The Hall–Kier alpha value is -0.990. The number of H-pyrrole nitrogens is 1. The number of hydrogen-bond acceptors (Lipinski definition) is 1. The Morgan fingerprint density at radius 1 is 1.42 bits per heavy atom. The van der Waals surface area contributed by atoms with E-state index >= 15 is 0 Å². The second kappa shape index (κ2) is 2.81. The third-order valence-corrected chi connectivity index (χ3v) is 2.28. The van der Waals surface area contributed by atoms with Crippen molar-refractivity contribution >= 4 is 22.5 Å². The molecule has 0 radical (unpaired) electrons. The van der Waals surface area contributed by atoms with Crippen molar-refractivity contribution in [3.8, 4) is 0 Å². The highest BCUT2D eigenvalue weighted by Gasteiger charge is 2.03. The van der Waals surface area contributed by atoms with E-state index in [0.29, 0.717) is 6.54 Å². The van der Waals surface area contributed by atoms with Crippen molar-refractivity contribution in [1.82, 2.24) is 4.98 Å². The molecule has 0 aliphatic rings. The van der Waals surface area contributed by atoms with Gasteiger partial charge in [-0.2, -0.15) is 0 Å². The van der Waals surface area contributed by atoms with Crippen LogP contribution in [0.1, 0.15) is 5.56 Å². The monoisotopic (exact) mass is 180 g/mol. The summed E-state index contributed by atoms with van der Waals surface area (Å²) in [5.74, 6) is 0. The number of para-hydroxylation sites is 1. The van der Waals surface area contributed by atoms with Crippen LogP contribution in [0.2, 0.25) is 5.02 Å². The fourth-order valence-electron chi connectivity index (χ4n) is 1.35. The number of nitrogens with one attached hydrogen (secondary N) is 1. The van der Waals surface area contributed by atoms with E-state index in [1.807, 2.05) is 18.2 Å². The summed E-state index contributed by atoms with van der Waals surface area (Å²) in [6.07, 6.45) is 1.78. The zero-order valence-electron chi connectivity index (χ0n) is 6.47. The van der Waals surface area contributed by atoms with Crippen LogP contribution in [-0.4, -0.2) is 4.98 Å². The molecule has 2 rings (SSSR count). The molecule has 0 spiro atoms. The molecule has 2 aromatic rings. The average molecular weight is 181 g/mol. The van der Waals surface area contributed by atoms with E-state index in [0.717, 1.165) is 21.5 Å². The fourth-order valence-corrected chi connectivity index (χ4v) is 1.57. The Balaban J connectivity index is 2.81. The number of halogens is 1. The average Bonchev–Trinajstić information content (AvgIpc) is 2.48. The van der Waals surface area contributed by atoms with Gasteiger partial charge in [0.05, 0.1) is 10.5 Å². The number of nitrogens with two attached hydrogens (primary N) is 1. The number of aromatic nitrogens is 1. The molecule has 1 heterocycles. The highest BCUT2D eigenvalue weighted by Crippen LogP contribution is 2.24. The van der Waals surface area contributed by atoms with Crippen LogP contribution in [0.5, 0.6) is 0 Å². The molecule has 0 atom stereocenters. The van der Waals surface area contributed by atoms with E-state index in [1.54, 1.807) is 6.20 Å². The van der Waals surface area contributed by atoms with Crippen molar-refractivity contribution in [3.05, 3.63) is 35.0 Å². The normalized spacial score (nSPS) is 10.8. The molecule has 0 bridgehead atoms. The lowest BCUT2D eigenvalue weighted by molar-refractivity contribution is 1.08. The lowest BCUT2D eigenvalue weighted by Gasteiger charge is -1.97. The van der Waals surface area contributed by atoms with Gasteiger partial charge in [-0.1, -0.05) is 29.8 Å². The summed E-state index contributed by atoms with van der Waals surface area (Å²) < 4.78 is 0. The van der Waals surface area contributed by atoms with Gasteiger partial charge in [-0.3, -0.25) is 0 Å². The van der Waals surface area contributed by atoms with E-state index in [-0.39, 0.29) is 0 Å². The zero-order valence-corrected chi connectivity index (χ0v) is 7.23. The highest BCUT2D eigenvalue weighted by atomic mass is 35.5. The molecule has 0 saturated heterocycles. The fraction of sp³-hybridized carbons (Fsp3) is 0.111. The lowest BCUT2D eigenvalue weighted by atomic mass is 10.1. The van der Waals surface area contributed by atoms with Gasteiger partial charge in [-0.15, -0.1) is 0 Å². The molecule has 3 heteroatoms. The van der Waals surface area contributed by atoms with Gasteiger partial charge in [0.15, 0.2) is 0 Å². The standard InChI is InChI=1S/C9H9ClN2/c10-8-5-12-9-6(4-11)2-1-3-7(8)9/h1-3,5,12H,4,11H2. The number of fused-ring (bicyclic) bond motifs is 1. The first-order valence-electron chi connectivity index (χ1n) is 3.77. The lowest BCUT2D eigenvalue weighted by Crippen LogP contribution is -1.96. The van der Waals surface area contributed by atoms with Gasteiger partial charge >= 0.3 is 0 Å². The minimum absolute atomic E-state index is 0.536. The molecule has 0 aliphatic carbocycles. The summed E-state index contributed by atoms with van der Waals surface area (Å²) in [7, 11) is 0. The maximum absolute atomic E-state index is 5.93. The van der Waals surface area contributed by atoms with E-state index in [1.165, 1.54) is 0 Å². The summed E-state index contributed by atoms with van der Waals surface area (Å²) in [6, 6.07) is 5.94. The molecule has 0 unspecified atom stereocenters. The summed E-state index contributed by atoms with van der Waals surface area (Å²) in [4.78, 5) is 3.10. The first-order valence-corrected chi connectivity index (χ1v) is 4.15. The topological polar surface area (TPSA) is 41.8 Å². The molecule has 12 heavy (non-hydrogen) atoms. The van der Waals surface area contributed by atoms with Gasteiger partial charge in [0.2, 0.25) is 0 Å². The molecule has 1 aromatic heterocycles. The van der Waals surface area contributed by atoms with Crippen LogP contribution in [0, 0.1) is 0 Å². The molecular weight excluding hydrogens is 172 g/mol. The first kappa shape index (κ1) is 7.65. The van der Waals surface area contributed by atoms with E-state index < -0.39 is 0 Å². The molecule has 62 valence electrons. The van der Waals surface area contributed by atoms with Crippen molar-refractivity contribution in [2.75, 3.05) is 0 Å². The van der Waals surface area contributed by atoms with Crippen molar-refractivity contribution in [2.24, 2.45) is 5.73 Å². The van der Waals surface area contributed by atoms with Gasteiger partial charge in [-0.05, 0) is 5.56 Å². The van der Waals surface area contributed by atoms with Gasteiger partial charge in [0.1, 0.15) is 0 Å². The van der Waals surface area contributed by atoms with E-state index in [2.05, 4.69) is 4.98 Å². The van der Waals surface area contributed by atoms with Crippen molar-refractivity contribution in [2.45, 2.75) is 6.54 Å². The third-order valence-electron chi connectivity index (χ3n) is 1.97. The van der Waals surface area contributed by atoms with Crippen LogP contribution >= 0.6 is 11.6 Å². The van der Waals surface area contributed by atoms with Crippen LogP contribution < -0.4 is 5.73 Å². The number of rotatable bonds is 1. The molecule has 0 fully saturated rings. The maximum Gasteiger partial charge on any atom is 0.0659 e.